The van der Waals surface area contributed by atoms with E-state index in [0.717, 1.165) is 57.1 Å². The molecule has 3 heteroatoms. The van der Waals surface area contributed by atoms with Crippen LogP contribution in [0, 0.1) is 17.8 Å². The number of aromatic nitrogens is 2. The van der Waals surface area contributed by atoms with Gasteiger partial charge in [-0.15, -0.1) is 0 Å². The molecule has 58 heavy (non-hydrogen) atoms. The van der Waals surface area contributed by atoms with Crippen molar-refractivity contribution in [3.63, 3.8) is 0 Å². The van der Waals surface area contributed by atoms with Gasteiger partial charge in [-0.05, 0) is 63.6 Å². The third kappa shape index (κ3) is 4.86. The Balaban J connectivity index is 1.05. The molecule has 1 aromatic heterocycles. The molecule has 2 heterocycles. The maximum atomic E-state index is 7.16. The first-order chi connectivity index (χ1) is 28.8. The zero-order chi connectivity index (χ0) is 38.2. The zero-order valence-electron chi connectivity index (χ0n) is 31.8. The summed E-state index contributed by atoms with van der Waals surface area (Å²) in [6.07, 6.45) is 27.8. The summed E-state index contributed by atoms with van der Waals surface area (Å²) >= 11 is 0. The van der Waals surface area contributed by atoms with Gasteiger partial charge in [0.05, 0.1) is 16.8 Å². The summed E-state index contributed by atoms with van der Waals surface area (Å²) in [6.45, 7) is 0. The van der Waals surface area contributed by atoms with E-state index in [2.05, 4.69) is 200 Å². The number of rotatable bonds is 4. The first kappa shape index (κ1) is 33.1. The number of benzene rings is 5. The van der Waals surface area contributed by atoms with Crippen molar-refractivity contribution in [3.8, 4) is 50.6 Å². The van der Waals surface area contributed by atoms with Gasteiger partial charge in [-0.25, -0.2) is 9.97 Å². The lowest BCUT2D eigenvalue weighted by Gasteiger charge is -2.46. The largest absolute Gasteiger partial charge is 0.460 e. The Morgan fingerprint density at radius 3 is 2.03 bits per heavy atom. The lowest BCUT2D eigenvalue weighted by Crippen LogP contribution is -2.42. The molecular weight excluding hydrogens is 705 g/mol. The molecule has 3 nitrogen and oxygen atoms in total. The lowest BCUT2D eigenvalue weighted by atomic mass is 9.60. The number of hydrogen-bond acceptors (Lipinski definition) is 3. The summed E-state index contributed by atoms with van der Waals surface area (Å²) in [5.41, 5.74) is 15.7. The van der Waals surface area contributed by atoms with Crippen molar-refractivity contribution in [1.29, 1.82) is 0 Å². The molecule has 6 aromatic rings. The highest BCUT2D eigenvalue weighted by Crippen LogP contribution is 2.64. The van der Waals surface area contributed by atoms with Crippen LogP contribution in [0.25, 0.3) is 50.5 Å². The van der Waals surface area contributed by atoms with Gasteiger partial charge >= 0.3 is 0 Å². The molecular formula is C55H38N2O. The van der Waals surface area contributed by atoms with Crippen molar-refractivity contribution in [2.75, 3.05) is 0 Å². The van der Waals surface area contributed by atoms with Crippen LogP contribution >= 0.6 is 0 Å². The number of nitrogens with zero attached hydrogens (tertiary/aromatic N) is 2. The first-order valence-electron chi connectivity index (χ1n) is 20.3. The van der Waals surface area contributed by atoms with E-state index < -0.39 is 5.41 Å². The van der Waals surface area contributed by atoms with Crippen molar-refractivity contribution >= 4 is 5.57 Å². The van der Waals surface area contributed by atoms with E-state index in [1.807, 2.05) is 0 Å². The Labute approximate surface area is 338 Å². The fourth-order valence-corrected chi connectivity index (χ4v) is 10.4. The van der Waals surface area contributed by atoms with Crippen LogP contribution in [-0.4, -0.2) is 9.97 Å². The fraction of sp³-hybridized carbons (Fsp3) is 0.0909. The summed E-state index contributed by atoms with van der Waals surface area (Å²) in [6, 6.07) is 45.8. The summed E-state index contributed by atoms with van der Waals surface area (Å²) < 4.78 is 7.16. The standard InChI is InChI=1S/C55H38N2O/c1-2-16-36(17-3-1)50-34-51(38-31-32-40-37(33-38)30-29-35-15-4-5-18-39(35)40)57-54(56-50)45-22-7-6-19-41(45)44-23-14-27-49-53(44)58-52-28-13-12-26-48(52)55(49)46-24-10-8-20-42(46)43-21-9-11-25-47(43)55/h1-25,27-34,39-40,48H,26H2. The summed E-state index contributed by atoms with van der Waals surface area (Å²) in [7, 11) is 0. The van der Waals surface area contributed by atoms with Crippen LogP contribution in [-0.2, 0) is 5.41 Å². The summed E-state index contributed by atoms with van der Waals surface area (Å²) in [5, 5.41) is 0. The summed E-state index contributed by atoms with van der Waals surface area (Å²) in [5.74, 6) is 3.36. The molecule has 5 aliphatic carbocycles. The van der Waals surface area contributed by atoms with Gasteiger partial charge in [0.2, 0.25) is 0 Å². The Bertz CT molecular complexity index is 2920. The highest BCUT2D eigenvalue weighted by Gasteiger charge is 2.55. The van der Waals surface area contributed by atoms with Gasteiger partial charge in [0.25, 0.3) is 0 Å². The minimum Gasteiger partial charge on any atom is -0.460 e. The van der Waals surface area contributed by atoms with Gasteiger partial charge in [0, 0.05) is 45.6 Å². The lowest BCUT2D eigenvalue weighted by molar-refractivity contribution is 0.254. The van der Waals surface area contributed by atoms with E-state index in [1.54, 1.807) is 0 Å². The van der Waals surface area contributed by atoms with E-state index in [4.69, 9.17) is 14.7 Å². The first-order valence-corrected chi connectivity index (χ1v) is 20.3. The number of para-hydroxylation sites is 1. The zero-order valence-corrected chi connectivity index (χ0v) is 31.8. The Morgan fingerprint density at radius 2 is 1.21 bits per heavy atom. The van der Waals surface area contributed by atoms with Crippen molar-refractivity contribution in [3.05, 3.63) is 240 Å². The average molecular weight is 743 g/mol. The minimum absolute atomic E-state index is 0.122. The molecule has 12 rings (SSSR count). The van der Waals surface area contributed by atoms with Crippen molar-refractivity contribution in [1.82, 2.24) is 9.97 Å². The van der Waals surface area contributed by atoms with Gasteiger partial charge in [0.1, 0.15) is 11.5 Å². The summed E-state index contributed by atoms with van der Waals surface area (Å²) in [4.78, 5) is 10.7. The van der Waals surface area contributed by atoms with Gasteiger partial charge in [0.15, 0.2) is 5.82 Å². The van der Waals surface area contributed by atoms with Crippen molar-refractivity contribution < 1.29 is 4.74 Å². The highest BCUT2D eigenvalue weighted by atomic mass is 16.5. The molecule has 0 saturated heterocycles. The van der Waals surface area contributed by atoms with Crippen LogP contribution in [0.3, 0.4) is 0 Å². The van der Waals surface area contributed by atoms with Crippen LogP contribution in [0.2, 0.25) is 0 Å². The number of hydrogen-bond donors (Lipinski definition) is 0. The van der Waals surface area contributed by atoms with E-state index in [-0.39, 0.29) is 5.92 Å². The fourth-order valence-electron chi connectivity index (χ4n) is 10.4. The average Bonchev–Trinajstić information content (AvgIpc) is 3.59. The second-order valence-electron chi connectivity index (χ2n) is 15.9. The molecule has 3 atom stereocenters. The molecule has 6 aliphatic rings. The molecule has 3 unspecified atom stereocenters. The van der Waals surface area contributed by atoms with E-state index in [1.165, 1.54) is 39.0 Å². The molecule has 0 radical (unpaired) electrons. The highest BCUT2D eigenvalue weighted by molar-refractivity contribution is 5.90. The van der Waals surface area contributed by atoms with Crippen LogP contribution in [0.4, 0.5) is 0 Å². The normalized spacial score (nSPS) is 20.9. The number of fused-ring (bicyclic) bond motifs is 12. The molecule has 1 aliphatic heterocycles. The van der Waals surface area contributed by atoms with Crippen LogP contribution < -0.4 is 4.74 Å². The topological polar surface area (TPSA) is 35.0 Å². The number of allylic oxidation sites excluding steroid dienone is 16. The second kappa shape index (κ2) is 13.0. The predicted octanol–water partition coefficient (Wildman–Crippen LogP) is 12.8. The van der Waals surface area contributed by atoms with Crippen LogP contribution in [0.1, 0.15) is 28.8 Å². The maximum Gasteiger partial charge on any atom is 0.161 e. The Kier molecular flexibility index (Phi) is 7.40. The molecule has 0 fully saturated rings. The molecule has 0 saturated carbocycles. The van der Waals surface area contributed by atoms with Gasteiger partial charge in [-0.3, -0.25) is 0 Å². The van der Waals surface area contributed by atoms with Gasteiger partial charge in [-0.1, -0.05) is 182 Å². The smallest absolute Gasteiger partial charge is 0.161 e. The Hall–Kier alpha value is -7.10. The van der Waals surface area contributed by atoms with Crippen molar-refractivity contribution in [2.45, 2.75) is 11.8 Å². The Morgan fingerprint density at radius 1 is 0.534 bits per heavy atom. The predicted molar refractivity (Wildman–Crippen MR) is 235 cm³/mol. The van der Waals surface area contributed by atoms with E-state index >= 15 is 0 Å². The van der Waals surface area contributed by atoms with Crippen LogP contribution in [0.5, 0.6) is 5.75 Å². The van der Waals surface area contributed by atoms with E-state index in [0.29, 0.717) is 17.7 Å². The molecule has 0 bridgehead atoms. The monoisotopic (exact) mass is 742 g/mol. The van der Waals surface area contributed by atoms with E-state index in [9.17, 15) is 0 Å². The van der Waals surface area contributed by atoms with Gasteiger partial charge < -0.3 is 4.74 Å². The quantitative estimate of drug-likeness (QED) is 0.180. The minimum atomic E-state index is -0.412. The number of ether oxygens (including phenoxy) is 1. The SMILES string of the molecule is C1=CCC2C(=C1)Oc1c(-c3ccccc3-c3nc(C4=CC5=CC=C6C=CC=CC6C5C=C4)cc(-c4ccccc4)n3)cccc1C21c2ccccc2-c2ccccc21. The third-order valence-corrected chi connectivity index (χ3v) is 13.0. The maximum absolute atomic E-state index is 7.16. The molecule has 0 N–H and O–H groups in total. The second-order valence-corrected chi connectivity index (χ2v) is 15.9. The molecule has 5 aromatic carbocycles. The third-order valence-electron chi connectivity index (χ3n) is 13.0. The van der Waals surface area contributed by atoms with Crippen molar-refractivity contribution in [2.24, 2.45) is 17.8 Å². The molecule has 1 spiro atoms. The van der Waals surface area contributed by atoms with Gasteiger partial charge in [-0.2, -0.15) is 0 Å². The molecule has 274 valence electrons. The van der Waals surface area contributed by atoms with Crippen LogP contribution in [0.15, 0.2) is 217 Å². The molecule has 0 amide bonds.